The van der Waals surface area contributed by atoms with Crippen molar-refractivity contribution in [3.05, 3.63) is 42.8 Å². The minimum atomic E-state index is -1.08. The molecule has 1 aliphatic carbocycles. The third-order valence-corrected chi connectivity index (χ3v) is 4.62. The van der Waals surface area contributed by atoms with Crippen LogP contribution in [0.4, 0.5) is 4.39 Å². The molecule has 4 rings (SSSR count). The van der Waals surface area contributed by atoms with E-state index in [0.29, 0.717) is 17.2 Å². The number of methoxy groups -OCH3 is 1. The molecule has 3 aromatic rings. The van der Waals surface area contributed by atoms with E-state index < -0.39 is 6.17 Å². The van der Waals surface area contributed by atoms with Crippen LogP contribution in [-0.2, 0) is 6.42 Å². The van der Waals surface area contributed by atoms with Crippen LogP contribution in [0.3, 0.4) is 0 Å². The number of rotatable bonds is 8. The lowest BCUT2D eigenvalue weighted by Crippen LogP contribution is -2.18. The molecule has 1 fully saturated rings. The second kappa shape index (κ2) is 7.75. The van der Waals surface area contributed by atoms with Gasteiger partial charge in [0.1, 0.15) is 17.6 Å². The summed E-state index contributed by atoms with van der Waals surface area (Å²) in [6.45, 7) is 1.54. The molecule has 0 saturated heterocycles. The summed E-state index contributed by atoms with van der Waals surface area (Å²) in [6, 6.07) is 5.68. The van der Waals surface area contributed by atoms with Crippen molar-refractivity contribution in [3.63, 3.8) is 0 Å². The Morgan fingerprint density at radius 2 is 2.14 bits per heavy atom. The number of aromatic amines is 1. The number of hydrogen-bond acceptors (Lipinski definition) is 5. The SMILES string of the molecule is COc1nccc(OC2CC2)c1-c1c[nH]c2nc(CC(F)[CH]N(C)C)ccc12. The van der Waals surface area contributed by atoms with E-state index in [0.717, 1.165) is 35.1 Å². The lowest BCUT2D eigenvalue weighted by atomic mass is 10.1. The second-order valence-electron chi connectivity index (χ2n) is 7.24. The first-order valence-corrected chi connectivity index (χ1v) is 9.37. The Morgan fingerprint density at radius 1 is 1.32 bits per heavy atom. The van der Waals surface area contributed by atoms with Gasteiger partial charge in [0, 0.05) is 35.5 Å². The van der Waals surface area contributed by atoms with Gasteiger partial charge < -0.3 is 19.4 Å². The van der Waals surface area contributed by atoms with Crippen molar-refractivity contribution in [1.82, 2.24) is 19.9 Å². The van der Waals surface area contributed by atoms with Crippen molar-refractivity contribution in [3.8, 4) is 22.8 Å². The fourth-order valence-corrected chi connectivity index (χ4v) is 3.23. The zero-order valence-electron chi connectivity index (χ0n) is 16.3. The van der Waals surface area contributed by atoms with Gasteiger partial charge in [-0.1, -0.05) is 0 Å². The van der Waals surface area contributed by atoms with E-state index in [2.05, 4.69) is 15.0 Å². The summed E-state index contributed by atoms with van der Waals surface area (Å²) in [4.78, 5) is 13.8. The predicted molar refractivity (Wildman–Crippen MR) is 106 cm³/mol. The monoisotopic (exact) mass is 383 g/mol. The molecule has 6 nitrogen and oxygen atoms in total. The molecular weight excluding hydrogens is 359 g/mol. The van der Waals surface area contributed by atoms with E-state index in [4.69, 9.17) is 9.47 Å². The highest BCUT2D eigenvalue weighted by Gasteiger charge is 2.27. The summed E-state index contributed by atoms with van der Waals surface area (Å²) in [7, 11) is 5.21. The Bertz CT molecular complexity index is 968. The van der Waals surface area contributed by atoms with Crippen LogP contribution in [0.2, 0.25) is 0 Å². The lowest BCUT2D eigenvalue weighted by Gasteiger charge is -2.14. The van der Waals surface area contributed by atoms with E-state index in [1.165, 1.54) is 6.54 Å². The third kappa shape index (κ3) is 3.94. The first-order valence-electron chi connectivity index (χ1n) is 9.37. The fourth-order valence-electron chi connectivity index (χ4n) is 3.23. The van der Waals surface area contributed by atoms with Gasteiger partial charge >= 0.3 is 0 Å². The van der Waals surface area contributed by atoms with Gasteiger partial charge in [-0.05, 0) is 45.1 Å². The van der Waals surface area contributed by atoms with Gasteiger partial charge in [0.25, 0.3) is 0 Å². The van der Waals surface area contributed by atoms with Crippen molar-refractivity contribution >= 4 is 11.0 Å². The zero-order valence-corrected chi connectivity index (χ0v) is 16.3. The molecule has 7 heteroatoms. The number of halogens is 1. The number of nitrogens with one attached hydrogen (secondary N) is 1. The molecule has 1 saturated carbocycles. The molecule has 1 aliphatic rings. The van der Waals surface area contributed by atoms with Gasteiger partial charge in [-0.3, -0.25) is 0 Å². The number of fused-ring (bicyclic) bond motifs is 1. The maximum absolute atomic E-state index is 14.1. The van der Waals surface area contributed by atoms with E-state index in [9.17, 15) is 4.39 Å². The van der Waals surface area contributed by atoms with E-state index in [1.54, 1.807) is 18.2 Å². The number of nitrogens with zero attached hydrogens (tertiary/aromatic N) is 3. The summed E-state index contributed by atoms with van der Waals surface area (Å²) in [5.74, 6) is 1.26. The normalized spacial score (nSPS) is 15.2. The number of aromatic nitrogens is 3. The molecule has 3 heterocycles. The maximum Gasteiger partial charge on any atom is 0.224 e. The van der Waals surface area contributed by atoms with Crippen LogP contribution in [0.15, 0.2) is 30.6 Å². The number of alkyl halides is 1. The molecule has 3 aromatic heterocycles. The minimum absolute atomic E-state index is 0.231. The number of hydrogen-bond donors (Lipinski definition) is 1. The molecule has 0 aliphatic heterocycles. The average molecular weight is 383 g/mol. The van der Waals surface area contributed by atoms with Crippen LogP contribution < -0.4 is 9.47 Å². The summed E-state index contributed by atoms with van der Waals surface area (Å²) in [6.07, 6.45) is 5.11. The van der Waals surface area contributed by atoms with Gasteiger partial charge in [-0.2, -0.15) is 0 Å². The topological polar surface area (TPSA) is 63.3 Å². The van der Waals surface area contributed by atoms with Gasteiger partial charge in [0.05, 0.1) is 25.3 Å². The van der Waals surface area contributed by atoms with Crippen molar-refractivity contribution in [2.45, 2.75) is 31.5 Å². The molecule has 1 atom stereocenters. The highest BCUT2D eigenvalue weighted by molar-refractivity contribution is 5.96. The summed E-state index contributed by atoms with van der Waals surface area (Å²) < 4.78 is 25.7. The van der Waals surface area contributed by atoms with Crippen LogP contribution >= 0.6 is 0 Å². The van der Waals surface area contributed by atoms with Crippen molar-refractivity contribution in [2.75, 3.05) is 21.2 Å². The number of H-pyrrole nitrogens is 1. The Morgan fingerprint density at radius 3 is 2.86 bits per heavy atom. The summed E-state index contributed by atoms with van der Waals surface area (Å²) in [5, 5.41) is 0.919. The highest BCUT2D eigenvalue weighted by Crippen LogP contribution is 2.42. The van der Waals surface area contributed by atoms with Crippen LogP contribution in [-0.4, -0.2) is 53.3 Å². The Kier molecular flexibility index (Phi) is 5.17. The van der Waals surface area contributed by atoms with E-state index in [1.807, 2.05) is 38.5 Å². The molecule has 147 valence electrons. The van der Waals surface area contributed by atoms with Crippen LogP contribution in [0.1, 0.15) is 18.5 Å². The first-order chi connectivity index (χ1) is 13.5. The molecule has 0 bridgehead atoms. The highest BCUT2D eigenvalue weighted by atomic mass is 19.1. The van der Waals surface area contributed by atoms with Gasteiger partial charge in [0.15, 0.2) is 0 Å². The Hall–Kier alpha value is -2.67. The second-order valence-corrected chi connectivity index (χ2v) is 7.24. The number of ether oxygens (including phenoxy) is 2. The van der Waals surface area contributed by atoms with Crippen molar-refractivity contribution in [2.24, 2.45) is 0 Å². The Balaban J connectivity index is 1.69. The smallest absolute Gasteiger partial charge is 0.224 e. The van der Waals surface area contributed by atoms with Crippen LogP contribution in [0, 0.1) is 6.54 Å². The number of pyridine rings is 2. The maximum atomic E-state index is 14.1. The van der Waals surface area contributed by atoms with Gasteiger partial charge in [-0.15, -0.1) is 0 Å². The quantitative estimate of drug-likeness (QED) is 0.641. The van der Waals surface area contributed by atoms with Crippen molar-refractivity contribution < 1.29 is 13.9 Å². The molecule has 1 radical (unpaired) electrons. The van der Waals surface area contributed by atoms with Crippen molar-refractivity contribution in [1.29, 1.82) is 0 Å². The predicted octanol–water partition coefficient (Wildman–Crippen LogP) is 3.78. The molecule has 0 amide bonds. The fraction of sp³-hybridized carbons (Fsp3) is 0.381. The third-order valence-electron chi connectivity index (χ3n) is 4.62. The molecule has 1 N–H and O–H groups in total. The average Bonchev–Trinajstić information content (AvgIpc) is 3.38. The van der Waals surface area contributed by atoms with Crippen LogP contribution in [0.5, 0.6) is 11.6 Å². The van der Waals surface area contributed by atoms with E-state index >= 15 is 0 Å². The van der Waals surface area contributed by atoms with Crippen LogP contribution in [0.25, 0.3) is 22.2 Å². The molecule has 0 spiro atoms. The summed E-state index contributed by atoms with van der Waals surface area (Å²) >= 11 is 0. The molecule has 1 unspecified atom stereocenters. The molecule has 0 aromatic carbocycles. The minimum Gasteiger partial charge on any atom is -0.490 e. The first kappa shape index (κ1) is 18.7. The molecular formula is C21H24FN4O2. The largest absolute Gasteiger partial charge is 0.490 e. The van der Waals surface area contributed by atoms with Gasteiger partial charge in [0.2, 0.25) is 5.88 Å². The lowest BCUT2D eigenvalue weighted by molar-refractivity contribution is 0.300. The van der Waals surface area contributed by atoms with E-state index in [-0.39, 0.29) is 12.5 Å². The summed E-state index contributed by atoms with van der Waals surface area (Å²) in [5.41, 5.74) is 3.11. The zero-order chi connectivity index (χ0) is 19.7. The Labute approximate surface area is 163 Å². The standard InChI is InChI=1S/C21H24FN4O2/c1-26(2)12-13(22)10-14-4-7-16-17(11-24-20(16)25-14)19-18(28-15-5-6-15)8-9-23-21(19)27-3/h4,7-9,11-13,15H,5-6,10H2,1-3H3,(H,24,25). The van der Waals surface area contributed by atoms with Gasteiger partial charge in [-0.25, -0.2) is 14.4 Å². The molecule has 28 heavy (non-hydrogen) atoms.